The van der Waals surface area contributed by atoms with Crippen LogP contribution in [0.5, 0.6) is 5.75 Å². The maximum atomic E-state index is 11.0. The average Bonchev–Trinajstić information content (AvgIpc) is 2.28. The average molecular weight is 277 g/mol. The van der Waals surface area contributed by atoms with E-state index in [0.717, 1.165) is 12.8 Å². The fourth-order valence-corrected chi connectivity index (χ4v) is 2.19. The molecule has 0 fully saturated rings. The van der Waals surface area contributed by atoms with E-state index in [1.165, 1.54) is 25.0 Å². The van der Waals surface area contributed by atoms with Crippen LogP contribution in [-0.2, 0) is 9.05 Å². The summed E-state index contributed by atoms with van der Waals surface area (Å²) in [4.78, 5) is 0.0949. The van der Waals surface area contributed by atoms with Crippen LogP contribution in [0, 0.1) is 0 Å². The lowest BCUT2D eigenvalue weighted by Crippen LogP contribution is -1.97. The highest BCUT2D eigenvalue weighted by Gasteiger charge is 2.08. The molecule has 0 bridgehead atoms. The van der Waals surface area contributed by atoms with Crippen LogP contribution in [0.25, 0.3) is 0 Å². The van der Waals surface area contributed by atoms with Crippen molar-refractivity contribution in [3.63, 3.8) is 0 Å². The molecule has 0 saturated heterocycles. The van der Waals surface area contributed by atoms with E-state index < -0.39 is 9.05 Å². The number of rotatable bonds is 7. The molecule has 0 aliphatic heterocycles. The molecule has 3 nitrogen and oxygen atoms in total. The lowest BCUT2D eigenvalue weighted by Gasteiger charge is -2.06. The summed E-state index contributed by atoms with van der Waals surface area (Å²) < 4.78 is 27.5. The topological polar surface area (TPSA) is 43.4 Å². The molecule has 0 amide bonds. The first-order valence-corrected chi connectivity index (χ1v) is 8.02. The van der Waals surface area contributed by atoms with Crippen molar-refractivity contribution in [2.45, 2.75) is 37.5 Å². The Hall–Kier alpha value is -0.740. The molecule has 0 aromatic heterocycles. The molecule has 0 radical (unpaired) electrons. The third-order valence-corrected chi connectivity index (χ3v) is 3.74. The smallest absolute Gasteiger partial charge is 0.261 e. The molecule has 0 spiro atoms. The van der Waals surface area contributed by atoms with E-state index >= 15 is 0 Å². The summed E-state index contributed by atoms with van der Waals surface area (Å²) in [6, 6.07) is 6.14. The maximum absolute atomic E-state index is 11.0. The van der Waals surface area contributed by atoms with E-state index in [9.17, 15) is 8.42 Å². The zero-order valence-electron chi connectivity index (χ0n) is 9.86. The van der Waals surface area contributed by atoms with Gasteiger partial charge in [-0.15, -0.1) is 0 Å². The molecule has 0 saturated carbocycles. The van der Waals surface area contributed by atoms with Crippen LogP contribution in [0.4, 0.5) is 0 Å². The second-order valence-corrected chi connectivity index (χ2v) is 6.38. The summed E-state index contributed by atoms with van der Waals surface area (Å²) in [7, 11) is 1.57. The normalized spacial score (nSPS) is 11.4. The number of benzene rings is 1. The van der Waals surface area contributed by atoms with Gasteiger partial charge in [-0.1, -0.05) is 26.2 Å². The summed E-state index contributed by atoms with van der Waals surface area (Å²) in [6.07, 6.45) is 4.59. The summed E-state index contributed by atoms with van der Waals surface area (Å²) in [6.45, 7) is 2.82. The number of unbranched alkanes of at least 4 members (excludes halogenated alkanes) is 3. The Labute approximate surface area is 107 Å². The SMILES string of the molecule is CCCCCCOc1ccc(S(=O)(=O)Cl)cc1. The molecule has 1 aromatic rings. The van der Waals surface area contributed by atoms with Crippen molar-refractivity contribution in [3.05, 3.63) is 24.3 Å². The molecular weight excluding hydrogens is 260 g/mol. The molecule has 0 aliphatic carbocycles. The quantitative estimate of drug-likeness (QED) is 0.565. The van der Waals surface area contributed by atoms with Crippen molar-refractivity contribution in [1.82, 2.24) is 0 Å². The Bertz CT molecular complexity index is 426. The Morgan fingerprint density at radius 2 is 1.76 bits per heavy atom. The summed E-state index contributed by atoms with van der Waals surface area (Å²) >= 11 is 0. The minimum Gasteiger partial charge on any atom is -0.494 e. The Balaban J connectivity index is 2.41. The van der Waals surface area contributed by atoms with Gasteiger partial charge in [0.2, 0.25) is 0 Å². The number of halogens is 1. The van der Waals surface area contributed by atoms with Gasteiger partial charge in [-0.2, -0.15) is 0 Å². The largest absolute Gasteiger partial charge is 0.494 e. The summed E-state index contributed by atoms with van der Waals surface area (Å²) in [5.41, 5.74) is 0. The van der Waals surface area contributed by atoms with Crippen molar-refractivity contribution in [1.29, 1.82) is 0 Å². The Kier molecular flexibility index (Phi) is 5.78. The number of ether oxygens (including phenoxy) is 1. The van der Waals surface area contributed by atoms with Gasteiger partial charge in [0.05, 0.1) is 11.5 Å². The van der Waals surface area contributed by atoms with Crippen LogP contribution in [-0.4, -0.2) is 15.0 Å². The van der Waals surface area contributed by atoms with Crippen molar-refractivity contribution in [3.8, 4) is 5.75 Å². The van der Waals surface area contributed by atoms with E-state index in [0.29, 0.717) is 12.4 Å². The highest BCUT2D eigenvalue weighted by molar-refractivity contribution is 8.13. The van der Waals surface area contributed by atoms with Crippen molar-refractivity contribution in [2.75, 3.05) is 6.61 Å². The fraction of sp³-hybridized carbons (Fsp3) is 0.500. The molecular formula is C12H17ClO3S. The predicted octanol–water partition coefficient (Wildman–Crippen LogP) is 3.57. The van der Waals surface area contributed by atoms with Gasteiger partial charge in [-0.25, -0.2) is 8.42 Å². The van der Waals surface area contributed by atoms with Crippen LogP contribution in [0.1, 0.15) is 32.6 Å². The van der Waals surface area contributed by atoms with Gasteiger partial charge in [0.25, 0.3) is 9.05 Å². The van der Waals surface area contributed by atoms with E-state index in [2.05, 4.69) is 6.92 Å². The van der Waals surface area contributed by atoms with Gasteiger partial charge in [0, 0.05) is 10.7 Å². The Morgan fingerprint density at radius 1 is 1.12 bits per heavy atom. The highest BCUT2D eigenvalue weighted by atomic mass is 35.7. The second kappa shape index (κ2) is 6.87. The van der Waals surface area contributed by atoms with Gasteiger partial charge in [0.1, 0.15) is 5.75 Å². The van der Waals surface area contributed by atoms with Gasteiger partial charge < -0.3 is 4.74 Å². The molecule has 5 heteroatoms. The van der Waals surface area contributed by atoms with E-state index in [1.54, 1.807) is 12.1 Å². The lowest BCUT2D eigenvalue weighted by molar-refractivity contribution is 0.305. The van der Waals surface area contributed by atoms with Crippen LogP contribution >= 0.6 is 10.7 Å². The molecule has 0 atom stereocenters. The predicted molar refractivity (Wildman–Crippen MR) is 69.1 cm³/mol. The molecule has 0 unspecified atom stereocenters. The third-order valence-electron chi connectivity index (χ3n) is 2.37. The van der Waals surface area contributed by atoms with Gasteiger partial charge in [0.15, 0.2) is 0 Å². The van der Waals surface area contributed by atoms with Crippen molar-refractivity contribution in [2.24, 2.45) is 0 Å². The first kappa shape index (κ1) is 14.3. The third kappa shape index (κ3) is 5.41. The van der Waals surface area contributed by atoms with Crippen LogP contribution in [0.3, 0.4) is 0 Å². The second-order valence-electron chi connectivity index (χ2n) is 3.82. The Morgan fingerprint density at radius 3 is 2.29 bits per heavy atom. The lowest BCUT2D eigenvalue weighted by atomic mass is 10.2. The van der Waals surface area contributed by atoms with Crippen LogP contribution < -0.4 is 4.74 Å². The van der Waals surface area contributed by atoms with Gasteiger partial charge in [-0.3, -0.25) is 0 Å². The standard InChI is InChI=1S/C12H17ClO3S/c1-2-3-4-5-10-16-11-6-8-12(9-7-11)17(13,14)15/h6-9H,2-5,10H2,1H3. The van der Waals surface area contributed by atoms with Crippen LogP contribution in [0.15, 0.2) is 29.2 Å². The number of hydrogen-bond acceptors (Lipinski definition) is 3. The highest BCUT2D eigenvalue weighted by Crippen LogP contribution is 2.19. The van der Waals surface area contributed by atoms with E-state index in [-0.39, 0.29) is 4.90 Å². The summed E-state index contributed by atoms with van der Waals surface area (Å²) in [5.74, 6) is 0.672. The van der Waals surface area contributed by atoms with Crippen molar-refractivity contribution >= 4 is 19.7 Å². The zero-order valence-corrected chi connectivity index (χ0v) is 11.4. The first-order chi connectivity index (χ1) is 8.04. The number of hydrogen-bond donors (Lipinski definition) is 0. The van der Waals surface area contributed by atoms with Gasteiger partial charge >= 0.3 is 0 Å². The molecule has 1 rings (SSSR count). The molecule has 0 heterocycles. The summed E-state index contributed by atoms with van der Waals surface area (Å²) in [5, 5.41) is 0. The molecule has 17 heavy (non-hydrogen) atoms. The fourth-order valence-electron chi connectivity index (χ4n) is 1.42. The van der Waals surface area contributed by atoms with Gasteiger partial charge in [-0.05, 0) is 30.7 Å². The zero-order chi connectivity index (χ0) is 12.7. The maximum Gasteiger partial charge on any atom is 0.261 e. The molecule has 96 valence electrons. The molecule has 0 N–H and O–H groups in total. The van der Waals surface area contributed by atoms with E-state index in [4.69, 9.17) is 15.4 Å². The molecule has 1 aromatic carbocycles. The first-order valence-electron chi connectivity index (χ1n) is 5.71. The van der Waals surface area contributed by atoms with Crippen molar-refractivity contribution < 1.29 is 13.2 Å². The minimum atomic E-state index is -3.64. The van der Waals surface area contributed by atoms with Crippen LogP contribution in [0.2, 0.25) is 0 Å². The monoisotopic (exact) mass is 276 g/mol. The van der Waals surface area contributed by atoms with E-state index in [1.807, 2.05) is 0 Å². The minimum absolute atomic E-state index is 0.0949. The molecule has 0 aliphatic rings.